The molecule has 0 aromatic carbocycles. The van der Waals surface area contributed by atoms with Gasteiger partial charge in [-0.15, -0.1) is 10.2 Å². The van der Waals surface area contributed by atoms with Gasteiger partial charge in [-0.1, -0.05) is 20.8 Å². The van der Waals surface area contributed by atoms with Crippen LogP contribution in [0.4, 0.5) is 0 Å². The van der Waals surface area contributed by atoms with Crippen molar-refractivity contribution in [3.63, 3.8) is 0 Å². The largest absolute Gasteiger partial charge is 0.469 e. The van der Waals surface area contributed by atoms with Crippen molar-refractivity contribution in [1.82, 2.24) is 15.1 Å². The summed E-state index contributed by atoms with van der Waals surface area (Å²) in [7, 11) is 3.03. The van der Waals surface area contributed by atoms with E-state index in [-0.39, 0.29) is 11.4 Å². The molecule has 0 aliphatic carbocycles. The lowest BCUT2D eigenvalue weighted by atomic mass is 9.97. The minimum atomic E-state index is -0.238. The van der Waals surface area contributed by atoms with E-state index in [1.165, 1.54) is 7.11 Å². The van der Waals surface area contributed by atoms with Gasteiger partial charge in [0.2, 0.25) is 11.8 Å². The minimum absolute atomic E-state index is 0.172. The molecule has 21 heavy (non-hydrogen) atoms. The summed E-state index contributed by atoms with van der Waals surface area (Å²) in [6, 6.07) is 0. The molecule has 1 rings (SSSR count). The van der Waals surface area contributed by atoms with Gasteiger partial charge < -0.3 is 13.9 Å². The van der Waals surface area contributed by atoms with Crippen LogP contribution in [0, 0.1) is 0 Å². The fourth-order valence-corrected chi connectivity index (χ4v) is 1.65. The summed E-state index contributed by atoms with van der Waals surface area (Å²) in [5.74, 6) is 0.913. The predicted octanol–water partition coefficient (Wildman–Crippen LogP) is 1.38. The van der Waals surface area contributed by atoms with Gasteiger partial charge in [0, 0.05) is 25.6 Å². The van der Waals surface area contributed by atoms with Crippen LogP contribution in [0.15, 0.2) is 4.42 Å². The second-order valence-electron chi connectivity index (χ2n) is 5.85. The molecule has 0 atom stereocenters. The summed E-state index contributed by atoms with van der Waals surface area (Å²) in [4.78, 5) is 13.3. The first-order valence-electron chi connectivity index (χ1n) is 6.97. The summed E-state index contributed by atoms with van der Waals surface area (Å²) < 4.78 is 15.4. The van der Waals surface area contributed by atoms with Crippen LogP contribution in [-0.2, 0) is 26.2 Å². The van der Waals surface area contributed by atoms with Gasteiger partial charge in [-0.05, 0) is 0 Å². The van der Waals surface area contributed by atoms with Gasteiger partial charge in [0.15, 0.2) is 0 Å². The van der Waals surface area contributed by atoms with Crippen molar-refractivity contribution in [2.75, 3.05) is 33.9 Å². The molecule has 1 heterocycles. The van der Waals surface area contributed by atoms with Crippen molar-refractivity contribution < 1.29 is 18.7 Å². The van der Waals surface area contributed by atoms with E-state index >= 15 is 0 Å². The summed E-state index contributed by atoms with van der Waals surface area (Å²) >= 11 is 0. The van der Waals surface area contributed by atoms with E-state index < -0.39 is 0 Å². The Morgan fingerprint density at radius 2 is 1.95 bits per heavy atom. The number of esters is 1. The number of carbonyl (C=O) groups is 1. The van der Waals surface area contributed by atoms with Gasteiger partial charge >= 0.3 is 5.97 Å². The molecule has 0 radical (unpaired) electrons. The van der Waals surface area contributed by atoms with Crippen LogP contribution in [0.2, 0.25) is 0 Å². The molecule has 120 valence electrons. The number of methoxy groups -OCH3 is 2. The van der Waals surface area contributed by atoms with Crippen molar-refractivity contribution in [3.05, 3.63) is 11.8 Å². The highest BCUT2D eigenvalue weighted by Crippen LogP contribution is 2.20. The highest BCUT2D eigenvalue weighted by Gasteiger charge is 2.22. The van der Waals surface area contributed by atoms with E-state index in [4.69, 9.17) is 9.15 Å². The molecule has 0 amide bonds. The first kappa shape index (κ1) is 17.6. The molecule has 0 bridgehead atoms. The zero-order valence-electron chi connectivity index (χ0n) is 13.5. The third kappa shape index (κ3) is 6.22. The molecule has 0 saturated heterocycles. The summed E-state index contributed by atoms with van der Waals surface area (Å²) in [6.07, 6.45) is 0.320. The molecular weight excluding hydrogens is 274 g/mol. The van der Waals surface area contributed by atoms with Crippen LogP contribution in [0.3, 0.4) is 0 Å². The quantitative estimate of drug-likeness (QED) is 0.671. The van der Waals surface area contributed by atoms with Crippen LogP contribution >= 0.6 is 0 Å². The molecule has 0 aliphatic rings. The minimum Gasteiger partial charge on any atom is -0.469 e. The van der Waals surface area contributed by atoms with Crippen molar-refractivity contribution in [1.29, 1.82) is 0 Å². The van der Waals surface area contributed by atoms with E-state index in [9.17, 15) is 4.79 Å². The maximum atomic E-state index is 11.2. The fraction of sp³-hybridized carbons (Fsp3) is 0.786. The lowest BCUT2D eigenvalue weighted by molar-refractivity contribution is -0.141. The standard InChI is InChI=1S/C14H25N3O4/c1-14(2,3)13-16-15-11(21-13)10-17(8-9-19-4)7-6-12(18)20-5/h6-10H2,1-5H3. The lowest BCUT2D eigenvalue weighted by Crippen LogP contribution is -2.29. The highest BCUT2D eigenvalue weighted by atomic mass is 16.5. The van der Waals surface area contributed by atoms with Gasteiger partial charge in [-0.25, -0.2) is 0 Å². The highest BCUT2D eigenvalue weighted by molar-refractivity contribution is 5.69. The Labute approximate surface area is 125 Å². The van der Waals surface area contributed by atoms with Crippen LogP contribution in [-0.4, -0.2) is 55.0 Å². The van der Waals surface area contributed by atoms with Gasteiger partial charge in [0.05, 0.1) is 26.7 Å². The molecule has 7 nitrogen and oxygen atoms in total. The van der Waals surface area contributed by atoms with E-state index in [1.54, 1.807) is 7.11 Å². The van der Waals surface area contributed by atoms with Crippen molar-refractivity contribution in [2.45, 2.75) is 39.2 Å². The smallest absolute Gasteiger partial charge is 0.306 e. The maximum absolute atomic E-state index is 11.2. The molecule has 0 saturated carbocycles. The Kier molecular flexibility index (Phi) is 6.77. The molecule has 1 aromatic heterocycles. The van der Waals surface area contributed by atoms with Crippen molar-refractivity contribution in [3.8, 4) is 0 Å². The number of hydrogen-bond acceptors (Lipinski definition) is 7. The third-order valence-corrected chi connectivity index (χ3v) is 2.94. The molecule has 0 aliphatic heterocycles. The van der Waals surface area contributed by atoms with Gasteiger partial charge in [0.25, 0.3) is 0 Å². The molecule has 0 spiro atoms. The van der Waals surface area contributed by atoms with Crippen molar-refractivity contribution in [2.24, 2.45) is 0 Å². The number of ether oxygens (including phenoxy) is 2. The fourth-order valence-electron chi connectivity index (χ4n) is 1.65. The SMILES string of the molecule is COCCN(CCC(=O)OC)Cc1nnc(C(C)(C)C)o1. The van der Waals surface area contributed by atoms with Crippen LogP contribution < -0.4 is 0 Å². The number of hydrogen-bond donors (Lipinski definition) is 0. The van der Waals surface area contributed by atoms with E-state index in [0.29, 0.717) is 44.4 Å². The first-order chi connectivity index (χ1) is 9.86. The second kappa shape index (κ2) is 8.09. The van der Waals surface area contributed by atoms with E-state index in [0.717, 1.165) is 0 Å². The van der Waals surface area contributed by atoms with Gasteiger partial charge in [0.1, 0.15) is 0 Å². The average molecular weight is 299 g/mol. The zero-order valence-corrected chi connectivity index (χ0v) is 13.5. The number of carbonyl (C=O) groups excluding carboxylic acids is 1. The topological polar surface area (TPSA) is 77.7 Å². The Morgan fingerprint density at radius 3 is 2.48 bits per heavy atom. The number of aromatic nitrogens is 2. The third-order valence-electron chi connectivity index (χ3n) is 2.94. The Hall–Kier alpha value is -1.47. The summed E-state index contributed by atoms with van der Waals surface area (Å²) in [5.41, 5.74) is -0.172. The molecule has 7 heteroatoms. The first-order valence-corrected chi connectivity index (χ1v) is 6.97. The van der Waals surface area contributed by atoms with E-state index in [1.807, 2.05) is 25.7 Å². The summed E-state index contributed by atoms with van der Waals surface area (Å²) in [5, 5.41) is 8.13. The predicted molar refractivity (Wildman–Crippen MR) is 76.8 cm³/mol. The van der Waals surface area contributed by atoms with Crippen LogP contribution in [0.25, 0.3) is 0 Å². The van der Waals surface area contributed by atoms with E-state index in [2.05, 4.69) is 14.9 Å². The van der Waals surface area contributed by atoms with Gasteiger partial charge in [-0.3, -0.25) is 9.69 Å². The molecule has 0 unspecified atom stereocenters. The Bertz CT molecular complexity index is 440. The second-order valence-corrected chi connectivity index (χ2v) is 5.85. The Balaban J connectivity index is 2.62. The monoisotopic (exact) mass is 299 g/mol. The normalized spacial score (nSPS) is 11.9. The molecule has 1 aromatic rings. The summed E-state index contributed by atoms with van der Waals surface area (Å²) in [6.45, 7) is 8.35. The average Bonchev–Trinajstić information content (AvgIpc) is 2.89. The molecular formula is C14H25N3O4. The van der Waals surface area contributed by atoms with Crippen LogP contribution in [0.1, 0.15) is 39.0 Å². The Morgan fingerprint density at radius 1 is 1.24 bits per heavy atom. The zero-order chi connectivity index (χ0) is 15.9. The van der Waals surface area contributed by atoms with Crippen LogP contribution in [0.5, 0.6) is 0 Å². The molecule has 0 N–H and O–H groups in total. The van der Waals surface area contributed by atoms with Gasteiger partial charge in [-0.2, -0.15) is 0 Å². The lowest BCUT2D eigenvalue weighted by Gasteiger charge is -2.19. The van der Waals surface area contributed by atoms with Crippen molar-refractivity contribution >= 4 is 5.97 Å². The molecule has 0 fully saturated rings. The number of nitrogens with zero attached hydrogens (tertiary/aromatic N) is 3. The number of rotatable bonds is 8. The maximum Gasteiger partial charge on any atom is 0.306 e.